The zero-order chi connectivity index (χ0) is 16.9. The van der Waals surface area contributed by atoms with Crippen molar-refractivity contribution in [3.63, 3.8) is 0 Å². The number of hydrogen-bond acceptors (Lipinski definition) is 7. The van der Waals surface area contributed by atoms with Gasteiger partial charge in [-0.3, -0.25) is 0 Å². The van der Waals surface area contributed by atoms with Crippen LogP contribution in [0.25, 0.3) is 0 Å². The predicted octanol–water partition coefficient (Wildman–Crippen LogP) is 3.29. The van der Waals surface area contributed by atoms with Crippen molar-refractivity contribution in [2.45, 2.75) is 44.2 Å². The van der Waals surface area contributed by atoms with Gasteiger partial charge in [-0.15, -0.1) is 0 Å². The van der Waals surface area contributed by atoms with Crippen molar-refractivity contribution in [3.05, 3.63) is 12.2 Å². The highest BCUT2D eigenvalue weighted by atomic mass is 127. The van der Waals surface area contributed by atoms with E-state index in [-0.39, 0.29) is 18.5 Å². The smallest absolute Gasteiger partial charge is 0.181 e. The molecule has 2 unspecified atom stereocenters. The first-order valence-electron chi connectivity index (χ1n) is 8.49. The molecule has 0 aromatic rings. The summed E-state index contributed by atoms with van der Waals surface area (Å²) in [7, 11) is 1.32. The highest BCUT2D eigenvalue weighted by molar-refractivity contribution is 14.2. The van der Waals surface area contributed by atoms with Gasteiger partial charge >= 0.3 is 0 Å². The molecule has 1 aliphatic heterocycles. The molecule has 0 amide bonds. The van der Waals surface area contributed by atoms with Gasteiger partial charge in [0.2, 0.25) is 0 Å². The first-order valence-corrected chi connectivity index (χ1v) is 11.8. The summed E-state index contributed by atoms with van der Waals surface area (Å²) in [6.45, 7) is 3.86. The Balaban J connectivity index is 1.40. The predicted molar refractivity (Wildman–Crippen MR) is 101 cm³/mol. The summed E-state index contributed by atoms with van der Waals surface area (Å²) in [5.41, 5.74) is 0. The van der Waals surface area contributed by atoms with E-state index in [1.807, 2.05) is 0 Å². The highest BCUT2D eigenvalue weighted by Gasteiger charge is 2.35. The van der Waals surface area contributed by atoms with Crippen LogP contribution in [0, 0.1) is 0 Å². The molecule has 0 N–H and O–H groups in total. The van der Waals surface area contributed by atoms with Gasteiger partial charge in [0.1, 0.15) is 0 Å². The maximum absolute atomic E-state index is 5.94. The summed E-state index contributed by atoms with van der Waals surface area (Å²) in [5, 5.41) is 0. The molecule has 2 atom stereocenters. The van der Waals surface area contributed by atoms with Crippen molar-refractivity contribution in [1.29, 1.82) is 0 Å². The largest absolute Gasteiger partial charge is 0.377 e. The Morgan fingerprint density at radius 1 is 0.833 bits per heavy atom. The summed E-state index contributed by atoms with van der Waals surface area (Å²) < 4.78 is 33.3. The zero-order valence-corrected chi connectivity index (χ0v) is 16.9. The van der Waals surface area contributed by atoms with Gasteiger partial charge in [0, 0.05) is 21.2 Å². The van der Waals surface area contributed by atoms with E-state index < -0.39 is 0 Å². The number of allylic oxidation sites excluding steroid dienone is 2. The average molecular weight is 474 g/mol. The van der Waals surface area contributed by atoms with E-state index in [2.05, 4.69) is 33.4 Å². The Labute approximate surface area is 160 Å². The number of halogens is 1. The molecule has 0 aromatic carbocycles. The molecular formula is C16H27IO6S. The molecule has 0 radical (unpaired) electrons. The van der Waals surface area contributed by atoms with Crippen LogP contribution in [0.3, 0.4) is 0 Å². The number of ether oxygens (including phenoxy) is 5. The molecule has 0 spiro atoms. The molecule has 2 aliphatic rings. The molecule has 8 heteroatoms. The molecule has 0 aromatic heterocycles. The van der Waals surface area contributed by atoms with E-state index >= 15 is 0 Å². The lowest BCUT2D eigenvalue weighted by Gasteiger charge is -2.16. The SMILES string of the molecule is ISOCCOCCOCCOCC1OC2CC/C=C/CCC2O1. The van der Waals surface area contributed by atoms with E-state index in [0.29, 0.717) is 46.2 Å². The van der Waals surface area contributed by atoms with Crippen LogP contribution in [0.1, 0.15) is 25.7 Å². The molecule has 0 bridgehead atoms. The first kappa shape index (κ1) is 20.9. The van der Waals surface area contributed by atoms with Crippen LogP contribution in [0.15, 0.2) is 12.2 Å². The number of hydrogen-bond donors (Lipinski definition) is 0. The first-order chi connectivity index (χ1) is 11.9. The van der Waals surface area contributed by atoms with Crippen molar-refractivity contribution in [2.24, 2.45) is 0 Å². The maximum atomic E-state index is 5.94. The lowest BCUT2D eigenvalue weighted by atomic mass is 10.0. The van der Waals surface area contributed by atoms with Crippen molar-refractivity contribution in [1.82, 2.24) is 0 Å². The molecule has 1 heterocycles. The Morgan fingerprint density at radius 2 is 1.38 bits per heavy atom. The lowest BCUT2D eigenvalue weighted by Crippen LogP contribution is -2.22. The standard InChI is InChI=1S/C16H27IO6S/c17-24-21-12-11-19-8-7-18-9-10-20-13-16-22-14-5-3-1-2-4-6-15(14)23-16/h1-2,14-16H,3-13H2/b2-1+. The van der Waals surface area contributed by atoms with Gasteiger partial charge in [-0.2, -0.15) is 0 Å². The fourth-order valence-electron chi connectivity index (χ4n) is 2.68. The van der Waals surface area contributed by atoms with Gasteiger partial charge in [-0.05, 0) is 25.7 Å². The Morgan fingerprint density at radius 3 is 1.96 bits per heavy atom. The Kier molecular flexibility index (Phi) is 12.0. The summed E-state index contributed by atoms with van der Waals surface area (Å²) in [5.74, 6) is 0. The van der Waals surface area contributed by atoms with Gasteiger partial charge < -0.3 is 27.9 Å². The van der Waals surface area contributed by atoms with Crippen LogP contribution in [0.2, 0.25) is 0 Å². The van der Waals surface area contributed by atoms with E-state index in [0.717, 1.165) is 25.7 Å². The summed E-state index contributed by atoms with van der Waals surface area (Å²) in [6, 6.07) is 0. The second kappa shape index (κ2) is 13.7. The normalized spacial score (nSPS) is 28.3. The van der Waals surface area contributed by atoms with Crippen LogP contribution in [-0.4, -0.2) is 64.7 Å². The molecule has 140 valence electrons. The molecule has 1 saturated heterocycles. The van der Waals surface area contributed by atoms with Crippen LogP contribution < -0.4 is 0 Å². The Bertz CT molecular complexity index is 329. The van der Waals surface area contributed by atoms with Crippen molar-refractivity contribution in [2.75, 3.05) is 46.2 Å². The molecule has 6 nitrogen and oxygen atoms in total. The monoisotopic (exact) mass is 474 g/mol. The van der Waals surface area contributed by atoms with Crippen LogP contribution in [-0.2, 0) is 27.9 Å². The van der Waals surface area contributed by atoms with Gasteiger partial charge in [0.15, 0.2) is 6.29 Å². The van der Waals surface area contributed by atoms with Crippen LogP contribution >= 0.6 is 30.4 Å². The quantitative estimate of drug-likeness (QED) is 0.186. The molecule has 2 rings (SSSR count). The molecule has 1 fully saturated rings. The van der Waals surface area contributed by atoms with Crippen LogP contribution in [0.5, 0.6) is 0 Å². The van der Waals surface area contributed by atoms with E-state index in [4.69, 9.17) is 27.9 Å². The Hall–Kier alpha value is 0.580. The zero-order valence-electron chi connectivity index (χ0n) is 13.9. The second-order valence-corrected chi connectivity index (χ2v) is 7.03. The summed E-state index contributed by atoms with van der Waals surface area (Å²) >= 11 is 2.08. The average Bonchev–Trinajstić information content (AvgIpc) is 2.94. The van der Waals surface area contributed by atoms with Gasteiger partial charge in [0.05, 0.1) is 67.7 Å². The fraction of sp³-hybridized carbons (Fsp3) is 0.875. The van der Waals surface area contributed by atoms with Gasteiger partial charge in [0.25, 0.3) is 0 Å². The minimum absolute atomic E-state index is 0.214. The second-order valence-electron chi connectivity index (χ2n) is 5.59. The topological polar surface area (TPSA) is 55.4 Å². The molecule has 1 aliphatic carbocycles. The summed E-state index contributed by atoms with van der Waals surface area (Å²) in [6.07, 6.45) is 8.86. The van der Waals surface area contributed by atoms with E-state index in [9.17, 15) is 0 Å². The summed E-state index contributed by atoms with van der Waals surface area (Å²) in [4.78, 5) is 0. The number of rotatable bonds is 12. The molecule has 0 saturated carbocycles. The third kappa shape index (κ3) is 8.79. The van der Waals surface area contributed by atoms with E-state index in [1.165, 1.54) is 9.21 Å². The third-order valence-electron chi connectivity index (χ3n) is 3.82. The lowest BCUT2D eigenvalue weighted by molar-refractivity contribution is -0.117. The fourth-order valence-corrected chi connectivity index (χ4v) is 3.35. The van der Waals surface area contributed by atoms with Crippen molar-refractivity contribution < 1.29 is 27.9 Å². The third-order valence-corrected chi connectivity index (χ3v) is 4.84. The molecular weight excluding hydrogens is 447 g/mol. The van der Waals surface area contributed by atoms with Crippen molar-refractivity contribution in [3.8, 4) is 0 Å². The van der Waals surface area contributed by atoms with E-state index in [1.54, 1.807) is 0 Å². The van der Waals surface area contributed by atoms with Crippen molar-refractivity contribution >= 4 is 30.4 Å². The highest BCUT2D eigenvalue weighted by Crippen LogP contribution is 2.28. The minimum atomic E-state index is -0.239. The van der Waals surface area contributed by atoms with Crippen LogP contribution in [0.4, 0.5) is 0 Å². The maximum Gasteiger partial charge on any atom is 0.181 e. The number of fused-ring (bicyclic) bond motifs is 1. The van der Waals surface area contributed by atoms with Gasteiger partial charge in [-0.1, -0.05) is 12.2 Å². The molecule has 24 heavy (non-hydrogen) atoms. The minimum Gasteiger partial charge on any atom is -0.377 e. The van der Waals surface area contributed by atoms with Gasteiger partial charge in [-0.25, -0.2) is 0 Å².